The molecular formula is C18H24FN3O2. The van der Waals surface area contributed by atoms with E-state index in [-0.39, 0.29) is 12.4 Å². The SMILES string of the molecule is CN=C(NCC(O)c1ccccc1F)N1CC2C3CCC(O3)C2C1. The number of hydrogen-bond acceptors (Lipinski definition) is 3. The number of benzene rings is 1. The summed E-state index contributed by atoms with van der Waals surface area (Å²) >= 11 is 0. The van der Waals surface area contributed by atoms with Gasteiger partial charge in [0, 0.05) is 44.1 Å². The fourth-order valence-corrected chi connectivity index (χ4v) is 4.51. The number of rotatable bonds is 3. The molecule has 0 amide bonds. The molecule has 0 spiro atoms. The normalized spacial score (nSPS) is 33.0. The zero-order valence-corrected chi connectivity index (χ0v) is 13.9. The molecule has 5 atom stereocenters. The summed E-state index contributed by atoms with van der Waals surface area (Å²) in [4.78, 5) is 6.59. The molecule has 3 aliphatic heterocycles. The topological polar surface area (TPSA) is 57.1 Å². The fourth-order valence-electron chi connectivity index (χ4n) is 4.51. The molecule has 6 heteroatoms. The predicted octanol–water partition coefficient (Wildman–Crippen LogP) is 1.54. The van der Waals surface area contributed by atoms with Crippen LogP contribution < -0.4 is 5.32 Å². The molecule has 1 aromatic rings. The van der Waals surface area contributed by atoms with E-state index in [1.54, 1.807) is 25.2 Å². The van der Waals surface area contributed by atoms with Crippen molar-refractivity contribution in [2.24, 2.45) is 16.8 Å². The van der Waals surface area contributed by atoms with Crippen LogP contribution in [0.25, 0.3) is 0 Å². The second-order valence-electron chi connectivity index (χ2n) is 6.99. The number of guanidine groups is 1. The maximum atomic E-state index is 13.8. The Bertz CT molecular complexity index is 620. The fraction of sp³-hybridized carbons (Fsp3) is 0.611. The number of hydrogen-bond donors (Lipinski definition) is 2. The smallest absolute Gasteiger partial charge is 0.193 e. The highest BCUT2D eigenvalue weighted by Gasteiger charge is 2.53. The van der Waals surface area contributed by atoms with Gasteiger partial charge in [0.1, 0.15) is 5.82 Å². The zero-order chi connectivity index (χ0) is 16.7. The average Bonchev–Trinajstić information content (AvgIpc) is 3.28. The van der Waals surface area contributed by atoms with E-state index in [2.05, 4.69) is 15.2 Å². The minimum Gasteiger partial charge on any atom is -0.386 e. The molecule has 3 aliphatic rings. The van der Waals surface area contributed by atoms with Crippen molar-refractivity contribution in [2.75, 3.05) is 26.7 Å². The van der Waals surface area contributed by atoms with Gasteiger partial charge in [-0.1, -0.05) is 18.2 Å². The lowest BCUT2D eigenvalue weighted by molar-refractivity contribution is 0.0765. The van der Waals surface area contributed by atoms with Crippen LogP contribution in [0, 0.1) is 17.7 Å². The van der Waals surface area contributed by atoms with Crippen LogP contribution >= 0.6 is 0 Å². The van der Waals surface area contributed by atoms with Gasteiger partial charge in [0.2, 0.25) is 0 Å². The molecule has 0 aliphatic carbocycles. The Balaban J connectivity index is 1.37. The van der Waals surface area contributed by atoms with Gasteiger partial charge in [0.15, 0.2) is 5.96 Å². The Kier molecular flexibility index (Phi) is 4.18. The lowest BCUT2D eigenvalue weighted by Crippen LogP contribution is -2.42. The van der Waals surface area contributed by atoms with Crippen molar-refractivity contribution >= 4 is 5.96 Å². The van der Waals surface area contributed by atoms with Gasteiger partial charge in [-0.05, 0) is 18.9 Å². The van der Waals surface area contributed by atoms with Crippen LogP contribution in [0.4, 0.5) is 4.39 Å². The standard InChI is InChI=1S/C18H24FN3O2/c1-20-18(21-8-15(23)11-4-2-3-5-14(11)19)22-9-12-13(10-22)17-7-6-16(12)24-17/h2-5,12-13,15-17,23H,6-10H2,1H3,(H,20,21). The third-order valence-electron chi connectivity index (χ3n) is 5.68. The molecule has 130 valence electrons. The third kappa shape index (κ3) is 2.67. The summed E-state index contributed by atoms with van der Waals surface area (Å²) in [5.41, 5.74) is 0.310. The van der Waals surface area contributed by atoms with Crippen LogP contribution in [-0.4, -0.2) is 54.9 Å². The molecule has 1 aromatic carbocycles. The van der Waals surface area contributed by atoms with Crippen molar-refractivity contribution in [1.82, 2.24) is 10.2 Å². The third-order valence-corrected chi connectivity index (χ3v) is 5.68. The molecule has 5 unspecified atom stereocenters. The summed E-state index contributed by atoms with van der Waals surface area (Å²) in [6.07, 6.45) is 2.28. The number of aliphatic hydroxyl groups excluding tert-OH is 1. The summed E-state index contributed by atoms with van der Waals surface area (Å²) in [5, 5.41) is 13.4. The van der Waals surface area contributed by atoms with E-state index in [4.69, 9.17) is 4.74 Å². The van der Waals surface area contributed by atoms with E-state index in [1.807, 2.05) is 0 Å². The molecule has 2 bridgehead atoms. The monoisotopic (exact) mass is 333 g/mol. The van der Waals surface area contributed by atoms with Crippen molar-refractivity contribution in [3.05, 3.63) is 35.6 Å². The minimum absolute atomic E-state index is 0.239. The van der Waals surface area contributed by atoms with Crippen molar-refractivity contribution in [3.8, 4) is 0 Å². The molecule has 2 N–H and O–H groups in total. The molecule has 24 heavy (non-hydrogen) atoms. The Morgan fingerprint density at radius 2 is 2.00 bits per heavy atom. The number of nitrogens with one attached hydrogen (secondary N) is 1. The van der Waals surface area contributed by atoms with Crippen LogP contribution in [0.15, 0.2) is 29.3 Å². The van der Waals surface area contributed by atoms with Gasteiger partial charge in [-0.3, -0.25) is 4.99 Å². The quantitative estimate of drug-likeness (QED) is 0.651. The molecule has 3 saturated heterocycles. The predicted molar refractivity (Wildman–Crippen MR) is 89.2 cm³/mol. The first-order valence-electron chi connectivity index (χ1n) is 8.71. The summed E-state index contributed by atoms with van der Waals surface area (Å²) < 4.78 is 19.8. The largest absolute Gasteiger partial charge is 0.386 e. The van der Waals surface area contributed by atoms with E-state index in [0.29, 0.717) is 29.6 Å². The summed E-state index contributed by atoms with van der Waals surface area (Å²) in [6, 6.07) is 6.33. The molecule has 0 radical (unpaired) electrons. The molecular weight excluding hydrogens is 309 g/mol. The number of likely N-dealkylation sites (tertiary alicyclic amines) is 1. The van der Waals surface area contributed by atoms with Crippen molar-refractivity contribution in [2.45, 2.75) is 31.2 Å². The number of nitrogens with zero attached hydrogens (tertiary/aromatic N) is 2. The molecule has 0 saturated carbocycles. The Hall–Kier alpha value is -1.66. The highest BCUT2D eigenvalue weighted by atomic mass is 19.1. The molecule has 0 aromatic heterocycles. The highest BCUT2D eigenvalue weighted by Crippen LogP contribution is 2.47. The van der Waals surface area contributed by atoms with Crippen molar-refractivity contribution < 1.29 is 14.2 Å². The van der Waals surface area contributed by atoms with E-state index in [9.17, 15) is 9.50 Å². The van der Waals surface area contributed by atoms with Gasteiger partial charge in [-0.25, -0.2) is 4.39 Å². The number of ether oxygens (including phenoxy) is 1. The highest BCUT2D eigenvalue weighted by molar-refractivity contribution is 5.80. The maximum absolute atomic E-state index is 13.8. The maximum Gasteiger partial charge on any atom is 0.193 e. The number of aliphatic imine (C=N–C) groups is 1. The first-order chi connectivity index (χ1) is 11.7. The Morgan fingerprint density at radius 1 is 1.33 bits per heavy atom. The molecule has 3 heterocycles. The molecule has 3 fully saturated rings. The van der Waals surface area contributed by atoms with Crippen LogP contribution in [-0.2, 0) is 4.74 Å². The van der Waals surface area contributed by atoms with E-state index >= 15 is 0 Å². The van der Waals surface area contributed by atoms with E-state index in [1.165, 1.54) is 18.9 Å². The minimum atomic E-state index is -0.899. The van der Waals surface area contributed by atoms with Gasteiger partial charge in [0.25, 0.3) is 0 Å². The van der Waals surface area contributed by atoms with Crippen molar-refractivity contribution in [3.63, 3.8) is 0 Å². The number of fused-ring (bicyclic) bond motifs is 5. The molecule has 5 nitrogen and oxygen atoms in total. The summed E-state index contributed by atoms with van der Waals surface area (Å²) in [5.74, 6) is 1.59. The second-order valence-corrected chi connectivity index (χ2v) is 6.99. The summed E-state index contributed by atoms with van der Waals surface area (Å²) in [7, 11) is 1.75. The number of aliphatic hydroxyl groups is 1. The van der Waals surface area contributed by atoms with Gasteiger partial charge in [-0.15, -0.1) is 0 Å². The second kappa shape index (κ2) is 6.33. The first kappa shape index (κ1) is 15.8. The van der Waals surface area contributed by atoms with Crippen LogP contribution in [0.3, 0.4) is 0 Å². The van der Waals surface area contributed by atoms with Crippen LogP contribution in [0.1, 0.15) is 24.5 Å². The van der Waals surface area contributed by atoms with Gasteiger partial charge in [-0.2, -0.15) is 0 Å². The average molecular weight is 333 g/mol. The van der Waals surface area contributed by atoms with Gasteiger partial charge < -0.3 is 20.1 Å². The Morgan fingerprint density at radius 3 is 2.62 bits per heavy atom. The Labute approximate surface area is 141 Å². The van der Waals surface area contributed by atoms with Gasteiger partial charge in [0.05, 0.1) is 18.3 Å². The van der Waals surface area contributed by atoms with Gasteiger partial charge >= 0.3 is 0 Å². The zero-order valence-electron chi connectivity index (χ0n) is 13.9. The summed E-state index contributed by atoms with van der Waals surface area (Å²) in [6.45, 7) is 2.13. The van der Waals surface area contributed by atoms with E-state index < -0.39 is 6.10 Å². The van der Waals surface area contributed by atoms with Crippen molar-refractivity contribution in [1.29, 1.82) is 0 Å². The number of halogens is 1. The van der Waals surface area contributed by atoms with Crippen LogP contribution in [0.5, 0.6) is 0 Å². The van der Waals surface area contributed by atoms with E-state index in [0.717, 1.165) is 19.0 Å². The first-order valence-corrected chi connectivity index (χ1v) is 8.71. The molecule has 4 rings (SSSR count). The lowest BCUT2D eigenvalue weighted by atomic mass is 9.82. The lowest BCUT2D eigenvalue weighted by Gasteiger charge is -2.24. The van der Waals surface area contributed by atoms with Crippen LogP contribution in [0.2, 0.25) is 0 Å².